The summed E-state index contributed by atoms with van der Waals surface area (Å²) in [6.45, 7) is 12.1. The van der Waals surface area contributed by atoms with Crippen LogP contribution in [0.4, 0.5) is 0 Å². The van der Waals surface area contributed by atoms with E-state index in [4.69, 9.17) is 0 Å². The van der Waals surface area contributed by atoms with Crippen LogP contribution in [-0.2, 0) is 32.7 Å². The number of allylic oxidation sites excluding steroid dienone is 2. The second-order valence-corrected chi connectivity index (χ2v) is 4.29. The van der Waals surface area contributed by atoms with E-state index in [9.17, 15) is 0 Å². The second-order valence-electron chi connectivity index (χ2n) is 4.29. The minimum absolute atomic E-state index is 0. The van der Waals surface area contributed by atoms with Crippen LogP contribution in [0.15, 0.2) is 16.8 Å². The molecule has 1 rings (SSSR count). The van der Waals surface area contributed by atoms with Crippen molar-refractivity contribution >= 4 is 0 Å². The van der Waals surface area contributed by atoms with Crippen LogP contribution in [0.2, 0.25) is 0 Å². The molecule has 0 amide bonds. The maximum Gasteiger partial charge on any atom is 0.0201 e. The van der Waals surface area contributed by atoms with Gasteiger partial charge in [0, 0.05) is 45.3 Å². The summed E-state index contributed by atoms with van der Waals surface area (Å²) in [6, 6.07) is 0.588. The third-order valence-electron chi connectivity index (χ3n) is 2.44. The van der Waals surface area contributed by atoms with Crippen molar-refractivity contribution in [3.63, 3.8) is 0 Å². The summed E-state index contributed by atoms with van der Waals surface area (Å²) in [7, 11) is 0. The molecule has 2 heteroatoms. The van der Waals surface area contributed by atoms with E-state index in [0.29, 0.717) is 6.04 Å². The SMILES string of the molecule is CC1=[C-]C(=C(C)C)N(C(C)C)CC1.[Y]. The van der Waals surface area contributed by atoms with Gasteiger partial charge in [-0.25, -0.2) is 11.6 Å². The van der Waals surface area contributed by atoms with Crippen molar-refractivity contribution < 1.29 is 32.7 Å². The predicted octanol–water partition coefficient (Wildman–Crippen LogP) is 3.14. The molecule has 0 atom stereocenters. The quantitative estimate of drug-likeness (QED) is 0.660. The maximum absolute atomic E-state index is 3.47. The number of rotatable bonds is 1. The molecule has 0 saturated heterocycles. The summed E-state index contributed by atoms with van der Waals surface area (Å²) in [5.41, 5.74) is 4.06. The van der Waals surface area contributed by atoms with E-state index in [1.165, 1.54) is 16.8 Å². The second kappa shape index (κ2) is 6.07. The van der Waals surface area contributed by atoms with Crippen LogP contribution in [0, 0.1) is 6.08 Å². The topological polar surface area (TPSA) is 3.24 Å². The molecule has 1 aliphatic rings. The Morgan fingerprint density at radius 2 is 1.93 bits per heavy atom. The molecule has 0 N–H and O–H groups in total. The fraction of sp³-hybridized carbons (Fsp3) is 0.667. The first-order valence-electron chi connectivity index (χ1n) is 5.06. The molecule has 0 saturated carbocycles. The van der Waals surface area contributed by atoms with Crippen LogP contribution in [0.5, 0.6) is 0 Å². The van der Waals surface area contributed by atoms with Gasteiger partial charge >= 0.3 is 0 Å². The smallest absolute Gasteiger partial charge is 0.0201 e. The van der Waals surface area contributed by atoms with Crippen molar-refractivity contribution in [1.29, 1.82) is 0 Å². The summed E-state index contributed by atoms with van der Waals surface area (Å²) < 4.78 is 0. The van der Waals surface area contributed by atoms with E-state index in [0.717, 1.165) is 13.0 Å². The first kappa shape index (κ1) is 14.4. The molecular weight excluding hydrogens is 247 g/mol. The van der Waals surface area contributed by atoms with Crippen molar-refractivity contribution in [2.75, 3.05) is 6.54 Å². The molecule has 0 aliphatic carbocycles. The normalized spacial score (nSPS) is 16.6. The molecular formula is C12H20NY-. The Bertz CT molecular complexity index is 247. The standard InChI is InChI=1S/C12H20N.Y/c1-9(2)12-8-11(5)6-7-13(12)10(3)4;/h10H,6-7H2,1-5H3;/q-1;. The summed E-state index contributed by atoms with van der Waals surface area (Å²) >= 11 is 0. The van der Waals surface area contributed by atoms with Crippen LogP contribution < -0.4 is 0 Å². The van der Waals surface area contributed by atoms with E-state index in [-0.39, 0.29) is 32.7 Å². The van der Waals surface area contributed by atoms with Crippen molar-refractivity contribution in [2.24, 2.45) is 0 Å². The number of nitrogens with zero attached hydrogens (tertiary/aromatic N) is 1. The van der Waals surface area contributed by atoms with Gasteiger partial charge in [-0.3, -0.25) is 0 Å². The Morgan fingerprint density at radius 3 is 2.36 bits per heavy atom. The Labute approximate surface area is 114 Å². The van der Waals surface area contributed by atoms with Crippen LogP contribution in [0.3, 0.4) is 0 Å². The van der Waals surface area contributed by atoms with Gasteiger partial charge in [0.2, 0.25) is 0 Å². The predicted molar refractivity (Wildman–Crippen MR) is 57.3 cm³/mol. The molecule has 0 aromatic heterocycles. The molecule has 1 nitrogen and oxygen atoms in total. The van der Waals surface area contributed by atoms with E-state index >= 15 is 0 Å². The average Bonchev–Trinajstić information content (AvgIpc) is 2.03. The molecule has 1 radical (unpaired) electrons. The van der Waals surface area contributed by atoms with Gasteiger partial charge in [-0.2, -0.15) is 5.57 Å². The van der Waals surface area contributed by atoms with Crippen LogP contribution in [0.25, 0.3) is 0 Å². The summed E-state index contributed by atoms with van der Waals surface area (Å²) in [5.74, 6) is 0. The number of hydrogen-bond acceptors (Lipinski definition) is 1. The van der Waals surface area contributed by atoms with Crippen molar-refractivity contribution in [3.8, 4) is 0 Å². The van der Waals surface area contributed by atoms with Gasteiger partial charge in [-0.1, -0.05) is 6.92 Å². The van der Waals surface area contributed by atoms with Gasteiger partial charge < -0.3 is 4.90 Å². The van der Waals surface area contributed by atoms with Gasteiger partial charge in [0.25, 0.3) is 0 Å². The minimum Gasteiger partial charge on any atom is -0.402 e. The van der Waals surface area contributed by atoms with E-state index in [1.54, 1.807) is 0 Å². The zero-order valence-corrected chi connectivity index (χ0v) is 12.9. The molecule has 14 heavy (non-hydrogen) atoms. The minimum atomic E-state index is 0. The molecule has 0 spiro atoms. The number of hydrogen-bond donors (Lipinski definition) is 0. The van der Waals surface area contributed by atoms with E-state index in [1.807, 2.05) is 0 Å². The van der Waals surface area contributed by atoms with Gasteiger partial charge in [-0.15, -0.1) is 19.5 Å². The van der Waals surface area contributed by atoms with E-state index < -0.39 is 0 Å². The first-order valence-corrected chi connectivity index (χ1v) is 5.06. The van der Waals surface area contributed by atoms with Crippen LogP contribution in [-0.4, -0.2) is 17.5 Å². The molecule has 0 aromatic carbocycles. The van der Waals surface area contributed by atoms with E-state index in [2.05, 4.69) is 45.6 Å². The first-order chi connectivity index (χ1) is 6.02. The summed E-state index contributed by atoms with van der Waals surface area (Å²) in [4.78, 5) is 2.43. The molecule has 1 aliphatic heterocycles. The zero-order valence-electron chi connectivity index (χ0n) is 10.0. The fourth-order valence-electron chi connectivity index (χ4n) is 1.66. The monoisotopic (exact) mass is 267 g/mol. The molecule has 0 fully saturated rings. The molecule has 77 valence electrons. The Balaban J connectivity index is 0.00000169. The Kier molecular flexibility index (Phi) is 6.24. The van der Waals surface area contributed by atoms with Crippen molar-refractivity contribution in [2.45, 2.75) is 47.1 Å². The average molecular weight is 267 g/mol. The van der Waals surface area contributed by atoms with Gasteiger partial charge in [-0.05, 0) is 20.3 Å². The third kappa shape index (κ3) is 3.51. The fourth-order valence-corrected chi connectivity index (χ4v) is 1.66. The maximum atomic E-state index is 3.47. The third-order valence-corrected chi connectivity index (χ3v) is 2.44. The van der Waals surface area contributed by atoms with Crippen LogP contribution in [0.1, 0.15) is 41.0 Å². The van der Waals surface area contributed by atoms with Gasteiger partial charge in [0.05, 0.1) is 0 Å². The van der Waals surface area contributed by atoms with Gasteiger partial charge in [0.1, 0.15) is 0 Å². The van der Waals surface area contributed by atoms with Crippen molar-refractivity contribution in [3.05, 3.63) is 22.9 Å². The van der Waals surface area contributed by atoms with Gasteiger partial charge in [0.15, 0.2) is 0 Å². The molecule has 0 bridgehead atoms. The summed E-state index contributed by atoms with van der Waals surface area (Å²) in [5, 5.41) is 0. The molecule has 1 heterocycles. The summed E-state index contributed by atoms with van der Waals surface area (Å²) in [6.07, 6.45) is 4.63. The zero-order chi connectivity index (χ0) is 10.0. The molecule has 0 aromatic rings. The van der Waals surface area contributed by atoms with Crippen LogP contribution >= 0.6 is 0 Å². The largest absolute Gasteiger partial charge is 0.402 e. The Hall–Kier alpha value is 0.384. The Morgan fingerprint density at radius 1 is 1.36 bits per heavy atom. The molecule has 0 unspecified atom stereocenters. The van der Waals surface area contributed by atoms with Crippen molar-refractivity contribution in [1.82, 2.24) is 4.90 Å².